The average Bonchev–Trinajstić information content (AvgIpc) is 2.72. The highest BCUT2D eigenvalue weighted by Crippen LogP contribution is 2.34. The summed E-state index contributed by atoms with van der Waals surface area (Å²) in [6.45, 7) is 8.51. The minimum Gasteiger partial charge on any atom is -0.487 e. The molecule has 0 unspecified atom stereocenters. The quantitative estimate of drug-likeness (QED) is 0.636. The molecule has 1 heterocycles. The number of ether oxygens (including phenoxy) is 1. The molecule has 1 aliphatic rings. The van der Waals surface area contributed by atoms with Crippen LogP contribution in [0.3, 0.4) is 0 Å². The van der Waals surface area contributed by atoms with Gasteiger partial charge >= 0.3 is 0 Å². The zero-order chi connectivity index (χ0) is 24.3. The van der Waals surface area contributed by atoms with Gasteiger partial charge in [-0.25, -0.2) is 8.42 Å². The van der Waals surface area contributed by atoms with E-state index in [9.17, 15) is 23.4 Å². The Morgan fingerprint density at radius 3 is 2.62 bits per heavy atom. The molecule has 1 aromatic rings. The van der Waals surface area contributed by atoms with Crippen LogP contribution in [-0.2, 0) is 14.8 Å². The van der Waals surface area contributed by atoms with Crippen molar-refractivity contribution < 1.29 is 28.2 Å². The molecule has 2 N–H and O–H groups in total. The first kappa shape index (κ1) is 26.1. The number of rotatable bonds is 5. The molecule has 0 bridgehead atoms. The van der Waals surface area contributed by atoms with Crippen molar-refractivity contribution in [1.29, 1.82) is 0 Å². The van der Waals surface area contributed by atoms with Crippen LogP contribution >= 0.6 is 0 Å². The number of carbonyl (C=O) groups excluding carboxylic acids is 1. The maximum Gasteiger partial charge on any atom is 0.247 e. The molecule has 9 heteroatoms. The van der Waals surface area contributed by atoms with E-state index in [0.717, 1.165) is 0 Å². The maximum atomic E-state index is 13.4. The fourth-order valence-corrected chi connectivity index (χ4v) is 5.21. The van der Waals surface area contributed by atoms with Gasteiger partial charge in [0.2, 0.25) is 15.9 Å². The summed E-state index contributed by atoms with van der Waals surface area (Å²) < 4.78 is 34.3. The Kier molecular flexibility index (Phi) is 8.34. The minimum absolute atomic E-state index is 0.0204. The van der Waals surface area contributed by atoms with Gasteiger partial charge in [0.05, 0.1) is 13.2 Å². The van der Waals surface area contributed by atoms with Crippen molar-refractivity contribution in [2.75, 3.05) is 26.7 Å². The first-order valence-corrected chi connectivity index (χ1v) is 12.2. The molecule has 8 nitrogen and oxygen atoms in total. The number of aliphatic hydroxyl groups excluding tert-OH is 1. The highest BCUT2D eigenvalue weighted by atomic mass is 32.2. The predicted molar refractivity (Wildman–Crippen MR) is 122 cm³/mol. The van der Waals surface area contributed by atoms with Crippen LogP contribution in [0.2, 0.25) is 0 Å². The van der Waals surface area contributed by atoms with Crippen LogP contribution in [0.25, 0.3) is 0 Å². The van der Waals surface area contributed by atoms with E-state index in [1.807, 2.05) is 6.92 Å². The first-order valence-electron chi connectivity index (χ1n) is 10.7. The van der Waals surface area contributed by atoms with Gasteiger partial charge in [-0.05, 0) is 39.0 Å². The number of sulfonamides is 1. The van der Waals surface area contributed by atoms with Crippen LogP contribution < -0.4 is 4.74 Å². The standard InChI is InChI=1S/C23H34N2O6S/c1-7-22(27)24(6)14-20-16(2)13-25(17(3)15-26)32(29,30)21-9-8-18(12-19(21)31-20)10-11-23(4,5)28/h8-9,12,16-17,20,26,28H,7,13-15H2,1-6H3/t16-,17-,20+/m0/s1. The normalized spacial score (nSPS) is 21.8. The van der Waals surface area contributed by atoms with E-state index in [2.05, 4.69) is 11.8 Å². The lowest BCUT2D eigenvalue weighted by molar-refractivity contribution is -0.131. The van der Waals surface area contributed by atoms with Crippen molar-refractivity contribution >= 4 is 15.9 Å². The number of hydrogen-bond donors (Lipinski definition) is 2. The predicted octanol–water partition coefficient (Wildman–Crippen LogP) is 1.45. The fraction of sp³-hybridized carbons (Fsp3) is 0.609. The summed E-state index contributed by atoms with van der Waals surface area (Å²) in [6.07, 6.45) is -0.122. The Balaban J connectivity index is 2.60. The van der Waals surface area contributed by atoms with Gasteiger partial charge in [0.1, 0.15) is 22.4 Å². The molecule has 178 valence electrons. The van der Waals surface area contributed by atoms with Crippen molar-refractivity contribution in [2.24, 2.45) is 5.92 Å². The van der Waals surface area contributed by atoms with Gasteiger partial charge in [0, 0.05) is 37.5 Å². The molecule has 0 fully saturated rings. The lowest BCUT2D eigenvalue weighted by Crippen LogP contribution is -2.50. The number of benzene rings is 1. The molecule has 1 aliphatic heterocycles. The number of aliphatic hydroxyl groups is 2. The second-order valence-corrected chi connectivity index (χ2v) is 10.7. The smallest absolute Gasteiger partial charge is 0.247 e. The SMILES string of the molecule is CCC(=O)N(C)C[C@H]1Oc2cc(C#CC(C)(C)O)ccc2S(=O)(=O)N([C@@H](C)CO)C[C@@H]1C. The molecular weight excluding hydrogens is 432 g/mol. The van der Waals surface area contributed by atoms with Crippen molar-refractivity contribution in [3.8, 4) is 17.6 Å². The molecule has 32 heavy (non-hydrogen) atoms. The summed E-state index contributed by atoms with van der Waals surface area (Å²) in [5, 5.41) is 19.6. The van der Waals surface area contributed by atoms with E-state index in [0.29, 0.717) is 12.0 Å². The van der Waals surface area contributed by atoms with Crippen LogP contribution in [0, 0.1) is 17.8 Å². The molecule has 1 amide bonds. The number of fused-ring (bicyclic) bond motifs is 1. The van der Waals surface area contributed by atoms with E-state index in [4.69, 9.17) is 4.74 Å². The Hall–Kier alpha value is -2.12. The van der Waals surface area contributed by atoms with Crippen molar-refractivity contribution in [3.05, 3.63) is 23.8 Å². The van der Waals surface area contributed by atoms with Crippen LogP contribution in [-0.4, -0.2) is 78.2 Å². The molecule has 0 radical (unpaired) electrons. The molecule has 1 aromatic carbocycles. The summed E-state index contributed by atoms with van der Waals surface area (Å²) in [7, 11) is -2.26. The van der Waals surface area contributed by atoms with Gasteiger partial charge in [-0.15, -0.1) is 0 Å². The summed E-state index contributed by atoms with van der Waals surface area (Å²) in [5.41, 5.74) is -0.710. The molecule has 3 atom stereocenters. The topological polar surface area (TPSA) is 107 Å². The van der Waals surface area contributed by atoms with Crippen molar-refractivity contribution in [1.82, 2.24) is 9.21 Å². The Morgan fingerprint density at radius 2 is 2.06 bits per heavy atom. The summed E-state index contributed by atoms with van der Waals surface area (Å²) in [4.78, 5) is 13.7. The number of nitrogens with zero attached hydrogens (tertiary/aromatic N) is 2. The zero-order valence-electron chi connectivity index (χ0n) is 19.6. The lowest BCUT2D eigenvalue weighted by atomic mass is 10.0. The molecule has 2 rings (SSSR count). The summed E-state index contributed by atoms with van der Waals surface area (Å²) in [6, 6.07) is 3.91. The van der Waals surface area contributed by atoms with Crippen molar-refractivity contribution in [3.63, 3.8) is 0 Å². The molecule has 0 spiro atoms. The number of carbonyl (C=O) groups is 1. The van der Waals surface area contributed by atoms with Gasteiger partial charge in [-0.1, -0.05) is 25.7 Å². The van der Waals surface area contributed by atoms with Gasteiger partial charge < -0.3 is 19.8 Å². The van der Waals surface area contributed by atoms with E-state index >= 15 is 0 Å². The second-order valence-electron chi connectivity index (χ2n) is 8.84. The van der Waals surface area contributed by atoms with Crippen LogP contribution in [0.15, 0.2) is 23.1 Å². The minimum atomic E-state index is -3.95. The summed E-state index contributed by atoms with van der Waals surface area (Å²) >= 11 is 0. The first-order chi connectivity index (χ1) is 14.8. The Bertz CT molecular complexity index is 990. The van der Waals surface area contributed by atoms with Gasteiger partial charge in [-0.3, -0.25) is 4.79 Å². The van der Waals surface area contributed by atoms with Crippen LogP contribution in [0.1, 0.15) is 46.6 Å². The third kappa shape index (κ3) is 6.23. The molecular formula is C23H34N2O6S. The van der Waals surface area contributed by atoms with E-state index in [1.54, 1.807) is 51.8 Å². The molecule has 0 aliphatic carbocycles. The molecule has 0 aromatic heterocycles. The number of hydrogen-bond acceptors (Lipinski definition) is 6. The second kappa shape index (κ2) is 10.2. The highest BCUT2D eigenvalue weighted by molar-refractivity contribution is 7.89. The van der Waals surface area contributed by atoms with Crippen LogP contribution in [0.5, 0.6) is 5.75 Å². The number of amides is 1. The molecule has 0 saturated heterocycles. The summed E-state index contributed by atoms with van der Waals surface area (Å²) in [5.74, 6) is 5.39. The highest BCUT2D eigenvalue weighted by Gasteiger charge is 2.38. The van der Waals surface area contributed by atoms with E-state index in [-0.39, 0.29) is 42.2 Å². The molecule has 0 saturated carbocycles. The lowest BCUT2D eigenvalue weighted by Gasteiger charge is -2.37. The fourth-order valence-electron chi connectivity index (χ4n) is 3.39. The Morgan fingerprint density at radius 1 is 1.41 bits per heavy atom. The van der Waals surface area contributed by atoms with Gasteiger partial charge in [0.15, 0.2) is 0 Å². The largest absolute Gasteiger partial charge is 0.487 e. The third-order valence-corrected chi connectivity index (χ3v) is 7.38. The number of likely N-dealkylation sites (N-methyl/N-ethyl adjacent to an activating group) is 1. The average molecular weight is 467 g/mol. The van der Waals surface area contributed by atoms with E-state index < -0.39 is 27.8 Å². The van der Waals surface area contributed by atoms with E-state index in [1.165, 1.54) is 10.4 Å². The monoisotopic (exact) mass is 466 g/mol. The van der Waals surface area contributed by atoms with Crippen molar-refractivity contribution in [2.45, 2.75) is 63.7 Å². The third-order valence-electron chi connectivity index (χ3n) is 5.36. The van der Waals surface area contributed by atoms with Gasteiger partial charge in [-0.2, -0.15) is 4.31 Å². The zero-order valence-corrected chi connectivity index (χ0v) is 20.4. The Labute approximate surface area is 191 Å². The van der Waals surface area contributed by atoms with Crippen LogP contribution in [0.4, 0.5) is 0 Å². The van der Waals surface area contributed by atoms with Gasteiger partial charge in [0.25, 0.3) is 0 Å². The maximum absolute atomic E-state index is 13.4.